The highest BCUT2D eigenvalue weighted by atomic mass is 35.5. The molecular weight excluding hydrogens is 340 g/mol. The van der Waals surface area contributed by atoms with Crippen molar-refractivity contribution in [1.82, 2.24) is 0 Å². The van der Waals surface area contributed by atoms with Gasteiger partial charge in [-0.15, -0.1) is 0 Å². The highest BCUT2D eigenvalue weighted by Crippen LogP contribution is 2.24. The van der Waals surface area contributed by atoms with Crippen LogP contribution in [0.1, 0.15) is 23.7 Å². The number of carbonyl (C=O) groups excluding carboxylic acids is 2. The molecule has 0 radical (unpaired) electrons. The van der Waals surface area contributed by atoms with Crippen LogP contribution in [0.2, 0.25) is 5.02 Å². The van der Waals surface area contributed by atoms with E-state index >= 15 is 0 Å². The number of nitrogens with one attached hydrogen (secondary N) is 1. The van der Waals surface area contributed by atoms with Gasteiger partial charge in [0.1, 0.15) is 0 Å². The molecule has 1 N–H and O–H groups in total. The van der Waals surface area contributed by atoms with Gasteiger partial charge in [-0.2, -0.15) is 0 Å². The number of methoxy groups -OCH3 is 1. The quantitative estimate of drug-likeness (QED) is 0.759. The molecule has 0 heterocycles. The average Bonchev–Trinajstić information content (AvgIpc) is 2.64. The fourth-order valence-electron chi connectivity index (χ4n) is 2.42. The topological polar surface area (TPSA) is 58.6 Å². The van der Waals surface area contributed by atoms with Crippen LogP contribution in [0.4, 0.5) is 11.4 Å². The molecule has 0 aliphatic heterocycles. The fourth-order valence-corrected chi connectivity index (χ4v) is 2.59. The molecule has 2 aromatic rings. The number of rotatable bonds is 7. The Morgan fingerprint density at radius 3 is 2.52 bits per heavy atom. The van der Waals surface area contributed by atoms with Gasteiger partial charge in [-0.05, 0) is 37.3 Å². The molecule has 1 amide bonds. The zero-order valence-corrected chi connectivity index (χ0v) is 15.0. The van der Waals surface area contributed by atoms with Crippen LogP contribution in [0.25, 0.3) is 0 Å². The highest BCUT2D eigenvalue weighted by Gasteiger charge is 2.12. The lowest BCUT2D eigenvalue weighted by Crippen LogP contribution is -2.27. The molecule has 0 saturated heterocycles. The van der Waals surface area contributed by atoms with Gasteiger partial charge in [0.25, 0.3) is 0 Å². The number of carbonyl (C=O) groups is 2. The van der Waals surface area contributed by atoms with Gasteiger partial charge in [0.05, 0.1) is 23.4 Å². The van der Waals surface area contributed by atoms with Crippen molar-refractivity contribution in [3.8, 4) is 0 Å². The third-order valence-electron chi connectivity index (χ3n) is 3.77. The summed E-state index contributed by atoms with van der Waals surface area (Å²) in [5.74, 6) is -0.647. The van der Waals surface area contributed by atoms with E-state index in [0.717, 1.165) is 12.2 Å². The van der Waals surface area contributed by atoms with Gasteiger partial charge in [-0.25, -0.2) is 4.79 Å². The summed E-state index contributed by atoms with van der Waals surface area (Å²) in [6.07, 6.45) is 0.307. The third-order valence-corrected chi connectivity index (χ3v) is 4.10. The van der Waals surface area contributed by atoms with E-state index in [0.29, 0.717) is 29.2 Å². The minimum absolute atomic E-state index is 0.168. The first-order valence-corrected chi connectivity index (χ1v) is 8.40. The maximum Gasteiger partial charge on any atom is 0.337 e. The van der Waals surface area contributed by atoms with Crippen molar-refractivity contribution >= 4 is 34.9 Å². The molecular formula is C19H21ClN2O3. The van der Waals surface area contributed by atoms with Gasteiger partial charge >= 0.3 is 5.97 Å². The second kappa shape index (κ2) is 9.08. The highest BCUT2D eigenvalue weighted by molar-refractivity contribution is 6.33. The maximum absolute atomic E-state index is 12.3. The summed E-state index contributed by atoms with van der Waals surface area (Å²) < 4.78 is 4.68. The number of benzene rings is 2. The third kappa shape index (κ3) is 5.22. The van der Waals surface area contributed by atoms with Crippen molar-refractivity contribution < 1.29 is 14.3 Å². The predicted octanol–water partition coefficient (Wildman–Crippen LogP) is 3.98. The number of amides is 1. The van der Waals surface area contributed by atoms with E-state index in [2.05, 4.69) is 15.0 Å². The average molecular weight is 361 g/mol. The minimum atomic E-state index is -0.478. The van der Waals surface area contributed by atoms with Crippen molar-refractivity contribution in [2.24, 2.45) is 0 Å². The van der Waals surface area contributed by atoms with E-state index in [4.69, 9.17) is 11.6 Å². The molecule has 0 atom stereocenters. The first-order chi connectivity index (χ1) is 12.0. The van der Waals surface area contributed by atoms with Crippen molar-refractivity contribution in [2.75, 3.05) is 30.4 Å². The number of hydrogen-bond acceptors (Lipinski definition) is 4. The monoisotopic (exact) mass is 360 g/mol. The second-order valence-electron chi connectivity index (χ2n) is 5.40. The van der Waals surface area contributed by atoms with Gasteiger partial charge < -0.3 is 15.0 Å². The SMILES string of the molecule is CCN(CCC(=O)Nc1cc(C(=O)OC)ccc1Cl)c1ccccc1. The Labute approximate surface area is 152 Å². The van der Waals surface area contributed by atoms with Crippen LogP contribution in [0.3, 0.4) is 0 Å². The maximum atomic E-state index is 12.3. The van der Waals surface area contributed by atoms with Gasteiger partial charge in [0.2, 0.25) is 5.91 Å². The smallest absolute Gasteiger partial charge is 0.337 e. The number of esters is 1. The van der Waals surface area contributed by atoms with Gasteiger partial charge in [-0.3, -0.25) is 4.79 Å². The molecule has 0 bridgehead atoms. The number of para-hydroxylation sites is 1. The first-order valence-electron chi connectivity index (χ1n) is 8.03. The molecule has 25 heavy (non-hydrogen) atoms. The number of halogens is 1. The second-order valence-corrected chi connectivity index (χ2v) is 5.81. The summed E-state index contributed by atoms with van der Waals surface area (Å²) in [7, 11) is 1.30. The molecule has 0 fully saturated rings. The predicted molar refractivity (Wildman–Crippen MR) is 100 cm³/mol. The molecule has 5 nitrogen and oxygen atoms in total. The van der Waals surface area contributed by atoms with E-state index < -0.39 is 5.97 Å². The van der Waals surface area contributed by atoms with E-state index in [1.165, 1.54) is 13.2 Å². The van der Waals surface area contributed by atoms with Crippen LogP contribution in [0, 0.1) is 0 Å². The van der Waals surface area contributed by atoms with Crippen LogP contribution in [0.5, 0.6) is 0 Å². The number of nitrogens with zero attached hydrogens (tertiary/aromatic N) is 1. The number of hydrogen-bond donors (Lipinski definition) is 1. The van der Waals surface area contributed by atoms with Gasteiger partial charge in [0, 0.05) is 25.2 Å². The summed E-state index contributed by atoms with van der Waals surface area (Å²) in [5.41, 5.74) is 1.81. The molecule has 132 valence electrons. The number of ether oxygens (including phenoxy) is 1. The molecule has 0 saturated carbocycles. The zero-order chi connectivity index (χ0) is 18.2. The Morgan fingerprint density at radius 1 is 1.16 bits per heavy atom. The normalized spacial score (nSPS) is 10.2. The largest absolute Gasteiger partial charge is 0.465 e. The Bertz CT molecular complexity index is 735. The molecule has 0 aliphatic carbocycles. The molecule has 0 aliphatic rings. The Morgan fingerprint density at radius 2 is 1.88 bits per heavy atom. The molecule has 0 unspecified atom stereocenters. The van der Waals surface area contributed by atoms with Crippen LogP contribution in [-0.2, 0) is 9.53 Å². The summed E-state index contributed by atoms with van der Waals surface area (Å²) >= 11 is 6.10. The Hall–Kier alpha value is -2.53. The lowest BCUT2D eigenvalue weighted by atomic mass is 10.2. The number of anilines is 2. The minimum Gasteiger partial charge on any atom is -0.465 e. The van der Waals surface area contributed by atoms with Crippen molar-refractivity contribution in [1.29, 1.82) is 0 Å². The lowest BCUT2D eigenvalue weighted by molar-refractivity contribution is -0.116. The molecule has 0 aromatic heterocycles. The fraction of sp³-hybridized carbons (Fsp3) is 0.263. The van der Waals surface area contributed by atoms with Crippen LogP contribution in [-0.4, -0.2) is 32.1 Å². The van der Waals surface area contributed by atoms with Crippen LogP contribution >= 0.6 is 11.6 Å². The molecule has 6 heteroatoms. The van der Waals surface area contributed by atoms with E-state index in [1.807, 2.05) is 37.3 Å². The van der Waals surface area contributed by atoms with Crippen molar-refractivity contribution in [3.63, 3.8) is 0 Å². The zero-order valence-electron chi connectivity index (χ0n) is 14.3. The standard InChI is InChI=1S/C19H21ClN2O3/c1-3-22(15-7-5-4-6-8-15)12-11-18(23)21-17-13-14(19(24)25-2)9-10-16(17)20/h4-10,13H,3,11-12H2,1-2H3,(H,21,23). The van der Waals surface area contributed by atoms with Crippen molar-refractivity contribution in [3.05, 3.63) is 59.1 Å². The Balaban J connectivity index is 1.99. The lowest BCUT2D eigenvalue weighted by Gasteiger charge is -2.22. The summed E-state index contributed by atoms with van der Waals surface area (Å²) in [4.78, 5) is 26.0. The molecule has 2 aromatic carbocycles. The summed E-state index contributed by atoms with van der Waals surface area (Å²) in [6.45, 7) is 3.43. The van der Waals surface area contributed by atoms with Crippen LogP contribution < -0.4 is 10.2 Å². The van der Waals surface area contributed by atoms with Crippen molar-refractivity contribution in [2.45, 2.75) is 13.3 Å². The molecule has 2 rings (SSSR count). The van der Waals surface area contributed by atoms with E-state index in [9.17, 15) is 9.59 Å². The summed E-state index contributed by atoms with van der Waals surface area (Å²) in [6, 6.07) is 14.5. The van der Waals surface area contributed by atoms with E-state index in [-0.39, 0.29) is 5.91 Å². The van der Waals surface area contributed by atoms with Gasteiger partial charge in [0.15, 0.2) is 0 Å². The summed E-state index contributed by atoms with van der Waals surface area (Å²) in [5, 5.41) is 3.13. The molecule has 0 spiro atoms. The van der Waals surface area contributed by atoms with Gasteiger partial charge in [-0.1, -0.05) is 29.8 Å². The Kier molecular flexibility index (Phi) is 6.83. The van der Waals surface area contributed by atoms with Crippen LogP contribution in [0.15, 0.2) is 48.5 Å². The first kappa shape index (κ1) is 18.8. The van der Waals surface area contributed by atoms with E-state index in [1.54, 1.807) is 12.1 Å².